The van der Waals surface area contributed by atoms with E-state index in [2.05, 4.69) is 0 Å². The summed E-state index contributed by atoms with van der Waals surface area (Å²) in [7, 11) is 0. The summed E-state index contributed by atoms with van der Waals surface area (Å²) in [6.07, 6.45) is 0. The number of hydroxylamine groups is 2. The molecule has 30 heavy (non-hydrogen) atoms. The lowest BCUT2D eigenvalue weighted by molar-refractivity contribution is -0.172. The summed E-state index contributed by atoms with van der Waals surface area (Å²) in [6.45, 7) is 2.38. The highest BCUT2D eigenvalue weighted by molar-refractivity contribution is 7.99. The van der Waals surface area contributed by atoms with Gasteiger partial charge in [0.1, 0.15) is 11.8 Å². The highest BCUT2D eigenvalue weighted by Gasteiger charge is 2.43. The van der Waals surface area contributed by atoms with E-state index in [1.54, 1.807) is 36.4 Å². The van der Waals surface area contributed by atoms with E-state index in [1.165, 1.54) is 28.8 Å². The van der Waals surface area contributed by atoms with Crippen molar-refractivity contribution in [1.29, 1.82) is 0 Å². The first-order valence-electron chi connectivity index (χ1n) is 9.32. The monoisotopic (exact) mass is 426 g/mol. The predicted octanol–water partition coefficient (Wildman–Crippen LogP) is 2.35. The number of nitrogens with zero attached hydrogens (tertiary/aromatic N) is 2. The van der Waals surface area contributed by atoms with E-state index in [1.807, 2.05) is 6.92 Å². The number of hydrogen-bond donors (Lipinski definition) is 0. The molecule has 2 aromatic carbocycles. The Bertz CT molecular complexity index is 987. The lowest BCUT2D eigenvalue weighted by Gasteiger charge is -2.23. The molecule has 0 bridgehead atoms. The number of carbonyl (C=O) groups excluding carboxylic acids is 4. The molecule has 1 unspecified atom stereocenters. The molecule has 9 heteroatoms. The molecule has 2 heterocycles. The fourth-order valence-electron chi connectivity index (χ4n) is 3.27. The van der Waals surface area contributed by atoms with E-state index in [9.17, 15) is 19.2 Å². The van der Waals surface area contributed by atoms with Crippen LogP contribution in [0.15, 0.2) is 48.5 Å². The number of carbonyl (C=O) groups is 4. The van der Waals surface area contributed by atoms with E-state index in [0.717, 1.165) is 0 Å². The topological polar surface area (TPSA) is 93.2 Å². The summed E-state index contributed by atoms with van der Waals surface area (Å²) in [6, 6.07) is 12.0. The van der Waals surface area contributed by atoms with Crippen molar-refractivity contribution in [3.63, 3.8) is 0 Å². The van der Waals surface area contributed by atoms with Crippen LogP contribution in [0, 0.1) is 0 Å². The van der Waals surface area contributed by atoms with Crippen molar-refractivity contribution in [3.8, 4) is 5.75 Å². The SMILES string of the molecule is CCOc1ccc(C(=O)N2CSCC2C(=O)ON2C(=O)c3ccccc3C2=O)cc1. The zero-order chi connectivity index (χ0) is 21.3. The van der Waals surface area contributed by atoms with E-state index < -0.39 is 23.8 Å². The van der Waals surface area contributed by atoms with Crippen molar-refractivity contribution in [1.82, 2.24) is 9.96 Å². The van der Waals surface area contributed by atoms with Gasteiger partial charge in [-0.1, -0.05) is 17.2 Å². The Morgan fingerprint density at radius 3 is 2.27 bits per heavy atom. The van der Waals surface area contributed by atoms with E-state index in [4.69, 9.17) is 9.57 Å². The largest absolute Gasteiger partial charge is 0.494 e. The standard InChI is InChI=1S/C21H18N2O6S/c1-2-28-14-9-7-13(8-10-14)18(24)22-12-30-11-17(22)21(27)29-23-19(25)15-5-3-4-6-16(15)20(23)26/h3-10,17H,2,11-12H2,1H3. The highest BCUT2D eigenvalue weighted by Crippen LogP contribution is 2.27. The van der Waals surface area contributed by atoms with Gasteiger partial charge in [0.15, 0.2) is 0 Å². The zero-order valence-electron chi connectivity index (χ0n) is 16.1. The second kappa shape index (κ2) is 8.19. The number of imide groups is 1. The molecule has 0 N–H and O–H groups in total. The summed E-state index contributed by atoms with van der Waals surface area (Å²) in [5, 5.41) is 0.468. The number of fused-ring (bicyclic) bond motifs is 1. The van der Waals surface area contributed by atoms with Gasteiger partial charge in [0.2, 0.25) is 0 Å². The third-order valence-corrected chi connectivity index (χ3v) is 5.78. The molecule has 4 rings (SSSR count). The van der Waals surface area contributed by atoms with Crippen molar-refractivity contribution < 1.29 is 28.8 Å². The highest BCUT2D eigenvalue weighted by atomic mass is 32.2. The van der Waals surface area contributed by atoms with Gasteiger partial charge in [0.25, 0.3) is 17.7 Å². The average Bonchev–Trinajstić information content (AvgIpc) is 3.34. The van der Waals surface area contributed by atoms with Gasteiger partial charge >= 0.3 is 5.97 Å². The van der Waals surface area contributed by atoms with Crippen LogP contribution in [0.4, 0.5) is 0 Å². The minimum atomic E-state index is -0.904. The number of benzene rings is 2. The molecule has 154 valence electrons. The second-order valence-corrected chi connectivity index (χ2v) is 7.61. The van der Waals surface area contributed by atoms with Crippen LogP contribution in [0.1, 0.15) is 38.0 Å². The van der Waals surface area contributed by atoms with Gasteiger partial charge in [-0.05, 0) is 43.3 Å². The molecule has 2 aliphatic rings. The molecule has 2 aromatic rings. The molecular weight excluding hydrogens is 408 g/mol. The van der Waals surface area contributed by atoms with Gasteiger partial charge in [0.05, 0.1) is 23.6 Å². The Hall–Kier alpha value is -3.33. The number of ether oxygens (including phenoxy) is 1. The van der Waals surface area contributed by atoms with Crippen molar-refractivity contribution in [2.75, 3.05) is 18.2 Å². The van der Waals surface area contributed by atoms with Gasteiger partial charge in [0, 0.05) is 11.3 Å². The van der Waals surface area contributed by atoms with Crippen LogP contribution >= 0.6 is 11.8 Å². The van der Waals surface area contributed by atoms with Crippen LogP contribution in [0.5, 0.6) is 5.75 Å². The summed E-state index contributed by atoms with van der Waals surface area (Å²) in [4.78, 5) is 57.0. The first-order chi connectivity index (χ1) is 14.5. The molecule has 1 saturated heterocycles. The smallest absolute Gasteiger partial charge is 0.356 e. The van der Waals surface area contributed by atoms with E-state index in [-0.39, 0.29) is 17.0 Å². The molecule has 3 amide bonds. The molecule has 1 fully saturated rings. The summed E-state index contributed by atoms with van der Waals surface area (Å²) in [5.41, 5.74) is 0.760. The van der Waals surface area contributed by atoms with Crippen LogP contribution in [-0.4, -0.2) is 57.9 Å². The van der Waals surface area contributed by atoms with Crippen LogP contribution in [0.2, 0.25) is 0 Å². The maximum absolute atomic E-state index is 12.9. The molecular formula is C21H18N2O6S. The predicted molar refractivity (Wildman–Crippen MR) is 108 cm³/mol. The fourth-order valence-corrected chi connectivity index (χ4v) is 4.40. The van der Waals surface area contributed by atoms with Gasteiger partial charge in [-0.25, -0.2) is 4.79 Å². The minimum Gasteiger partial charge on any atom is -0.494 e. The third kappa shape index (κ3) is 3.52. The zero-order valence-corrected chi connectivity index (χ0v) is 16.9. The Morgan fingerprint density at radius 2 is 1.67 bits per heavy atom. The molecule has 0 aliphatic carbocycles. The first-order valence-corrected chi connectivity index (χ1v) is 10.5. The Balaban J connectivity index is 1.47. The lowest BCUT2D eigenvalue weighted by atomic mass is 10.1. The third-order valence-electron chi connectivity index (χ3n) is 4.77. The maximum Gasteiger partial charge on any atom is 0.356 e. The lowest BCUT2D eigenvalue weighted by Crippen LogP contribution is -2.46. The van der Waals surface area contributed by atoms with Crippen molar-refractivity contribution in [2.24, 2.45) is 0 Å². The normalized spacial score (nSPS) is 17.8. The van der Waals surface area contributed by atoms with Crippen molar-refractivity contribution in [3.05, 3.63) is 65.2 Å². The van der Waals surface area contributed by atoms with Crippen molar-refractivity contribution >= 4 is 35.5 Å². The van der Waals surface area contributed by atoms with Gasteiger partial charge in [-0.3, -0.25) is 14.4 Å². The summed E-state index contributed by atoms with van der Waals surface area (Å²) < 4.78 is 5.37. The Labute approximate surface area is 176 Å². The van der Waals surface area contributed by atoms with Gasteiger partial charge in [-0.15, -0.1) is 11.8 Å². The van der Waals surface area contributed by atoms with Gasteiger partial charge in [-0.2, -0.15) is 0 Å². The molecule has 1 atom stereocenters. The van der Waals surface area contributed by atoms with Gasteiger partial charge < -0.3 is 14.5 Å². The van der Waals surface area contributed by atoms with Crippen LogP contribution < -0.4 is 4.74 Å². The minimum absolute atomic E-state index is 0.179. The fraction of sp³-hybridized carbons (Fsp3) is 0.238. The second-order valence-electron chi connectivity index (χ2n) is 6.61. The molecule has 0 aromatic heterocycles. The first kappa shape index (κ1) is 20.0. The molecule has 2 aliphatic heterocycles. The van der Waals surface area contributed by atoms with Crippen LogP contribution in [0.3, 0.4) is 0 Å². The number of thioether (sulfide) groups is 1. The molecule has 0 saturated carbocycles. The van der Waals surface area contributed by atoms with Crippen LogP contribution in [-0.2, 0) is 9.63 Å². The average molecular weight is 426 g/mol. The number of rotatable bonds is 5. The summed E-state index contributed by atoms with van der Waals surface area (Å²) in [5.74, 6) is -1.30. The van der Waals surface area contributed by atoms with Crippen molar-refractivity contribution in [2.45, 2.75) is 13.0 Å². The van der Waals surface area contributed by atoms with E-state index in [0.29, 0.717) is 34.6 Å². The Kier molecular flexibility index (Phi) is 5.45. The van der Waals surface area contributed by atoms with Crippen LogP contribution in [0.25, 0.3) is 0 Å². The van der Waals surface area contributed by atoms with E-state index >= 15 is 0 Å². The maximum atomic E-state index is 12.9. The molecule has 0 radical (unpaired) electrons. The number of amides is 3. The Morgan fingerprint density at radius 1 is 1.03 bits per heavy atom. The quantitative estimate of drug-likeness (QED) is 0.678. The molecule has 0 spiro atoms. The summed E-state index contributed by atoms with van der Waals surface area (Å²) >= 11 is 1.39. The molecule has 8 nitrogen and oxygen atoms in total. The number of hydrogen-bond acceptors (Lipinski definition) is 7.